The van der Waals surface area contributed by atoms with Gasteiger partial charge in [0, 0.05) is 31.7 Å². The van der Waals surface area contributed by atoms with E-state index in [4.69, 9.17) is 15.2 Å². The van der Waals surface area contributed by atoms with Gasteiger partial charge >= 0.3 is 0 Å². The quantitative estimate of drug-likeness (QED) is 0.733. The number of carbonyl (C=O) groups is 1. The van der Waals surface area contributed by atoms with E-state index in [1.165, 1.54) is 0 Å². The van der Waals surface area contributed by atoms with Crippen molar-refractivity contribution in [2.45, 2.75) is 24.9 Å². The molecule has 1 amide bonds. The summed E-state index contributed by atoms with van der Waals surface area (Å²) in [6.07, 6.45) is 1.55. The Bertz CT molecular complexity index is 550. The maximum atomic E-state index is 11.9. The van der Waals surface area contributed by atoms with Gasteiger partial charge in [-0.25, -0.2) is 0 Å². The van der Waals surface area contributed by atoms with Gasteiger partial charge in [-0.1, -0.05) is 18.2 Å². The van der Waals surface area contributed by atoms with Crippen molar-refractivity contribution in [1.82, 2.24) is 10.2 Å². The van der Waals surface area contributed by atoms with Crippen molar-refractivity contribution >= 4 is 30.7 Å². The van der Waals surface area contributed by atoms with E-state index in [2.05, 4.69) is 10.2 Å². The molecule has 3 N–H and O–H groups in total. The molecular weight excluding hydrogens is 365 g/mol. The maximum Gasteiger partial charge on any atom is 0.240 e. The number of amides is 1. The molecule has 1 heterocycles. The molecule has 8 heteroatoms. The average Bonchev–Trinajstić information content (AvgIpc) is 3.34. The van der Waals surface area contributed by atoms with Gasteiger partial charge in [-0.3, -0.25) is 9.69 Å². The lowest BCUT2D eigenvalue weighted by atomic mass is 10.2. The van der Waals surface area contributed by atoms with Crippen LogP contribution in [0.5, 0.6) is 5.75 Å². The highest BCUT2D eigenvalue weighted by Gasteiger charge is 2.45. The van der Waals surface area contributed by atoms with Crippen molar-refractivity contribution in [2.24, 2.45) is 5.73 Å². The Morgan fingerprint density at radius 1 is 1.24 bits per heavy atom. The van der Waals surface area contributed by atoms with Gasteiger partial charge in [-0.2, -0.15) is 0 Å². The Labute approximate surface area is 161 Å². The van der Waals surface area contributed by atoms with Gasteiger partial charge in [0.1, 0.15) is 12.4 Å². The lowest BCUT2D eigenvalue weighted by Crippen LogP contribution is -2.42. The number of para-hydroxylation sites is 1. The van der Waals surface area contributed by atoms with E-state index in [0.29, 0.717) is 13.2 Å². The van der Waals surface area contributed by atoms with Crippen LogP contribution in [0.25, 0.3) is 0 Å². The van der Waals surface area contributed by atoms with Crippen LogP contribution in [0.2, 0.25) is 0 Å². The Morgan fingerprint density at radius 2 is 1.92 bits per heavy atom. The van der Waals surface area contributed by atoms with Crippen LogP contribution < -0.4 is 15.8 Å². The molecule has 2 aliphatic rings. The summed E-state index contributed by atoms with van der Waals surface area (Å²) in [6, 6.07) is 7.81. The van der Waals surface area contributed by atoms with Crippen LogP contribution in [0.3, 0.4) is 0 Å². The number of ether oxygens (including phenoxy) is 2. The van der Waals surface area contributed by atoms with Crippen molar-refractivity contribution in [3.63, 3.8) is 0 Å². The molecule has 1 aliphatic carbocycles. The Balaban J connectivity index is 0.00000156. The summed E-state index contributed by atoms with van der Waals surface area (Å²) in [7, 11) is 0. The first-order valence-electron chi connectivity index (χ1n) is 8.25. The number of halogens is 2. The number of hydrogen-bond acceptors (Lipinski definition) is 5. The minimum Gasteiger partial charge on any atom is -0.492 e. The molecule has 1 aromatic carbocycles. The van der Waals surface area contributed by atoms with Crippen molar-refractivity contribution < 1.29 is 14.3 Å². The maximum absolute atomic E-state index is 11.9. The molecule has 1 saturated carbocycles. The first kappa shape index (κ1) is 22.0. The Kier molecular flexibility index (Phi) is 8.96. The third kappa shape index (κ3) is 6.31. The largest absolute Gasteiger partial charge is 0.492 e. The highest BCUT2D eigenvalue weighted by atomic mass is 35.5. The van der Waals surface area contributed by atoms with Gasteiger partial charge in [0.05, 0.1) is 18.8 Å². The molecule has 0 aromatic heterocycles. The zero-order valence-electron chi connectivity index (χ0n) is 14.2. The fraction of sp³-hybridized carbons (Fsp3) is 0.588. The molecule has 142 valence electrons. The summed E-state index contributed by atoms with van der Waals surface area (Å²) < 4.78 is 11.2. The second kappa shape index (κ2) is 10.2. The number of carbonyl (C=O) groups excluding carboxylic acids is 1. The first-order chi connectivity index (χ1) is 11.2. The monoisotopic (exact) mass is 391 g/mol. The molecule has 0 unspecified atom stereocenters. The molecule has 25 heavy (non-hydrogen) atoms. The number of nitrogens with zero attached hydrogens (tertiary/aromatic N) is 1. The van der Waals surface area contributed by atoms with Gasteiger partial charge in [0.2, 0.25) is 5.91 Å². The molecule has 0 radical (unpaired) electrons. The molecule has 1 saturated heterocycles. The van der Waals surface area contributed by atoms with Crippen LogP contribution in [0.1, 0.15) is 18.4 Å². The number of nitrogens with one attached hydrogen (secondary N) is 1. The number of nitrogens with two attached hydrogens (primary N) is 1. The minimum atomic E-state index is -0.633. The molecule has 0 bridgehead atoms. The molecule has 3 rings (SSSR count). The zero-order chi connectivity index (χ0) is 16.1. The zero-order valence-corrected chi connectivity index (χ0v) is 15.9. The van der Waals surface area contributed by atoms with Gasteiger partial charge in [-0.15, -0.1) is 24.8 Å². The molecule has 1 aromatic rings. The number of morpholine rings is 1. The summed E-state index contributed by atoms with van der Waals surface area (Å²) in [6.45, 7) is 5.47. The van der Waals surface area contributed by atoms with E-state index in [-0.39, 0.29) is 30.7 Å². The SMILES string of the molecule is Cl.Cl.NC1(C(=O)NCc2ccccc2OCCN2CCOCC2)CC1. The third-order valence-corrected chi connectivity index (χ3v) is 4.42. The summed E-state index contributed by atoms with van der Waals surface area (Å²) in [5, 5.41) is 2.91. The van der Waals surface area contributed by atoms with Crippen LogP contribution in [-0.2, 0) is 16.1 Å². The van der Waals surface area contributed by atoms with Crippen LogP contribution in [-0.4, -0.2) is 55.8 Å². The second-order valence-corrected chi connectivity index (χ2v) is 6.25. The van der Waals surface area contributed by atoms with Gasteiger partial charge in [0.25, 0.3) is 0 Å². The summed E-state index contributed by atoms with van der Waals surface area (Å²) >= 11 is 0. The molecule has 6 nitrogen and oxygen atoms in total. The minimum absolute atomic E-state index is 0. The topological polar surface area (TPSA) is 76.8 Å². The van der Waals surface area contributed by atoms with Gasteiger partial charge in [0.15, 0.2) is 0 Å². The van der Waals surface area contributed by atoms with Crippen LogP contribution in [0.15, 0.2) is 24.3 Å². The van der Waals surface area contributed by atoms with Crippen molar-refractivity contribution in [3.05, 3.63) is 29.8 Å². The Hall–Kier alpha value is -1.05. The van der Waals surface area contributed by atoms with E-state index in [1.807, 2.05) is 24.3 Å². The normalized spacial score (nSPS) is 18.4. The molecule has 0 spiro atoms. The summed E-state index contributed by atoms with van der Waals surface area (Å²) in [4.78, 5) is 14.3. The molecule has 0 atom stereocenters. The van der Waals surface area contributed by atoms with Crippen LogP contribution in [0, 0.1) is 0 Å². The highest BCUT2D eigenvalue weighted by molar-refractivity contribution is 5.89. The average molecular weight is 392 g/mol. The van der Waals surface area contributed by atoms with Crippen molar-refractivity contribution in [2.75, 3.05) is 39.5 Å². The first-order valence-corrected chi connectivity index (χ1v) is 8.25. The third-order valence-electron chi connectivity index (χ3n) is 4.42. The molecule has 1 aliphatic heterocycles. The van der Waals surface area contributed by atoms with Crippen molar-refractivity contribution in [1.29, 1.82) is 0 Å². The smallest absolute Gasteiger partial charge is 0.240 e. The summed E-state index contributed by atoms with van der Waals surface area (Å²) in [5.74, 6) is 0.753. The van der Waals surface area contributed by atoms with E-state index in [1.54, 1.807) is 0 Å². The molecular formula is C17H27Cl2N3O3. The van der Waals surface area contributed by atoms with Gasteiger partial charge in [-0.05, 0) is 18.9 Å². The fourth-order valence-corrected chi connectivity index (χ4v) is 2.61. The van der Waals surface area contributed by atoms with E-state index < -0.39 is 5.54 Å². The predicted octanol–water partition coefficient (Wildman–Crippen LogP) is 1.35. The van der Waals surface area contributed by atoms with E-state index in [0.717, 1.165) is 57.0 Å². The lowest BCUT2D eigenvalue weighted by molar-refractivity contribution is -0.123. The van der Waals surface area contributed by atoms with Gasteiger partial charge < -0.3 is 20.5 Å². The predicted molar refractivity (Wildman–Crippen MR) is 102 cm³/mol. The number of rotatable bonds is 7. The Morgan fingerprint density at radius 3 is 2.60 bits per heavy atom. The van der Waals surface area contributed by atoms with Crippen molar-refractivity contribution in [3.8, 4) is 5.75 Å². The second-order valence-electron chi connectivity index (χ2n) is 6.25. The fourth-order valence-electron chi connectivity index (χ4n) is 2.61. The highest BCUT2D eigenvalue weighted by Crippen LogP contribution is 2.32. The summed E-state index contributed by atoms with van der Waals surface area (Å²) in [5.41, 5.74) is 6.24. The van der Waals surface area contributed by atoms with Crippen LogP contribution >= 0.6 is 24.8 Å². The van der Waals surface area contributed by atoms with Crippen LogP contribution in [0.4, 0.5) is 0 Å². The molecule has 2 fully saturated rings. The van der Waals surface area contributed by atoms with E-state index in [9.17, 15) is 4.79 Å². The standard InChI is InChI=1S/C17H25N3O3.2ClH/c18-17(5-6-17)16(21)19-13-14-3-1-2-4-15(14)23-12-9-20-7-10-22-11-8-20;;/h1-4H,5-13,18H2,(H,19,21);2*1H. The van der Waals surface area contributed by atoms with E-state index >= 15 is 0 Å². The lowest BCUT2D eigenvalue weighted by Gasteiger charge is -2.26. The number of hydrogen-bond donors (Lipinski definition) is 2. The number of benzene rings is 1.